The van der Waals surface area contributed by atoms with Crippen molar-refractivity contribution < 1.29 is 19.2 Å². The molecule has 0 aliphatic rings. The van der Waals surface area contributed by atoms with Gasteiger partial charge in [-0.15, -0.1) is 0 Å². The van der Waals surface area contributed by atoms with Crippen molar-refractivity contribution in [2.75, 3.05) is 0 Å². The number of carbonyl (C=O) groups is 1. The highest BCUT2D eigenvalue weighted by Crippen LogP contribution is 2.39. The fourth-order valence-corrected chi connectivity index (χ4v) is 5.13. The fraction of sp³-hybridized carbons (Fsp3) is 0.133. The van der Waals surface area contributed by atoms with Crippen molar-refractivity contribution in [3.63, 3.8) is 0 Å². The summed E-state index contributed by atoms with van der Waals surface area (Å²) in [5.74, 6) is 0.413. The first-order valence-electron chi connectivity index (χ1n) is 11.9. The molecule has 5 nitrogen and oxygen atoms in total. The molecule has 5 aromatic rings. The van der Waals surface area contributed by atoms with E-state index in [2.05, 4.69) is 5.16 Å². The normalized spacial score (nSPS) is 11.3. The van der Waals surface area contributed by atoms with E-state index in [0.717, 1.165) is 27.5 Å². The van der Waals surface area contributed by atoms with Crippen molar-refractivity contribution in [1.29, 1.82) is 0 Å². The van der Waals surface area contributed by atoms with Gasteiger partial charge in [-0.1, -0.05) is 84.1 Å². The summed E-state index contributed by atoms with van der Waals surface area (Å²) in [4.78, 5) is 11.5. The van der Waals surface area contributed by atoms with E-state index in [9.17, 15) is 9.90 Å². The zero-order chi connectivity index (χ0) is 27.0. The third-order valence-corrected chi connectivity index (χ3v) is 7.23. The third kappa shape index (κ3) is 5.10. The molecule has 5 rings (SSSR count). The Kier molecular flexibility index (Phi) is 7.35. The molecule has 0 amide bonds. The lowest BCUT2D eigenvalue weighted by atomic mass is 9.99. The van der Waals surface area contributed by atoms with E-state index in [0.29, 0.717) is 32.8 Å². The van der Waals surface area contributed by atoms with Gasteiger partial charge in [-0.05, 0) is 64.4 Å². The molecule has 0 saturated carbocycles. The molecule has 1 N–H and O–H groups in total. The number of hydrogen-bond acceptors (Lipinski definition) is 4. The van der Waals surface area contributed by atoms with Gasteiger partial charge in [-0.3, -0.25) is 0 Å². The standard InChI is InChI=1S/C30H22Cl3NO4/c1-16(2)29-23(28(34-38-29)27-25(32)4-3-5-26(27)33)15-37-21-10-8-18-12-17(6-7-19(18)13-21)20-9-11-24(31)22(14-20)30(35)36/h3-14,16H,15H2,1-2H3,(H,35,36). The van der Waals surface area contributed by atoms with Gasteiger partial charge in [0, 0.05) is 11.5 Å². The Bertz CT molecular complexity index is 1660. The van der Waals surface area contributed by atoms with Gasteiger partial charge in [0.1, 0.15) is 23.8 Å². The highest BCUT2D eigenvalue weighted by molar-refractivity contribution is 6.39. The Morgan fingerprint density at radius 3 is 2.26 bits per heavy atom. The van der Waals surface area contributed by atoms with Gasteiger partial charge in [0.2, 0.25) is 0 Å². The van der Waals surface area contributed by atoms with Gasteiger partial charge in [-0.25, -0.2) is 4.79 Å². The second-order valence-corrected chi connectivity index (χ2v) is 10.4. The number of carboxylic acid groups (broad SMARTS) is 1. The molecule has 0 saturated heterocycles. The molecule has 8 heteroatoms. The van der Waals surface area contributed by atoms with E-state index in [-0.39, 0.29) is 23.1 Å². The zero-order valence-electron chi connectivity index (χ0n) is 20.5. The first-order chi connectivity index (χ1) is 18.2. The number of halogens is 3. The fourth-order valence-electron chi connectivity index (χ4n) is 4.35. The molecule has 0 aliphatic heterocycles. The molecule has 0 radical (unpaired) electrons. The summed E-state index contributed by atoms with van der Waals surface area (Å²) in [6.45, 7) is 4.27. The minimum absolute atomic E-state index is 0.0694. The summed E-state index contributed by atoms with van der Waals surface area (Å²) in [6, 6.07) is 22.0. The van der Waals surface area contributed by atoms with Gasteiger partial charge < -0.3 is 14.4 Å². The van der Waals surface area contributed by atoms with Crippen LogP contribution in [-0.4, -0.2) is 16.2 Å². The van der Waals surface area contributed by atoms with E-state index in [1.54, 1.807) is 30.3 Å². The quantitative estimate of drug-likeness (QED) is 0.212. The maximum absolute atomic E-state index is 11.5. The number of rotatable bonds is 7. The van der Waals surface area contributed by atoms with Crippen molar-refractivity contribution in [1.82, 2.24) is 5.16 Å². The van der Waals surface area contributed by atoms with Crippen LogP contribution in [0.15, 0.2) is 77.3 Å². The Balaban J connectivity index is 1.43. The van der Waals surface area contributed by atoms with Crippen LogP contribution in [0.25, 0.3) is 33.2 Å². The van der Waals surface area contributed by atoms with Crippen molar-refractivity contribution in [2.45, 2.75) is 26.4 Å². The first kappa shape index (κ1) is 26.1. The summed E-state index contributed by atoms with van der Waals surface area (Å²) in [5, 5.41) is 16.8. The zero-order valence-corrected chi connectivity index (χ0v) is 22.7. The predicted molar refractivity (Wildman–Crippen MR) is 152 cm³/mol. The van der Waals surface area contributed by atoms with Crippen molar-refractivity contribution >= 4 is 51.5 Å². The lowest BCUT2D eigenvalue weighted by Gasteiger charge is -2.12. The number of hydrogen-bond donors (Lipinski definition) is 1. The van der Waals surface area contributed by atoms with Crippen molar-refractivity contribution in [3.8, 4) is 28.1 Å². The Hall–Kier alpha value is -3.51. The molecule has 38 heavy (non-hydrogen) atoms. The Morgan fingerprint density at radius 1 is 0.895 bits per heavy atom. The van der Waals surface area contributed by atoms with E-state index < -0.39 is 5.97 Å². The summed E-state index contributed by atoms with van der Waals surface area (Å²) in [5.41, 5.74) is 3.70. The second-order valence-electron chi connectivity index (χ2n) is 9.14. The number of aromatic nitrogens is 1. The van der Waals surface area contributed by atoms with E-state index in [1.165, 1.54) is 0 Å². The van der Waals surface area contributed by atoms with Crippen molar-refractivity contribution in [2.24, 2.45) is 0 Å². The minimum atomic E-state index is -1.06. The maximum atomic E-state index is 11.5. The van der Waals surface area contributed by atoms with E-state index in [4.69, 9.17) is 44.1 Å². The van der Waals surface area contributed by atoms with Crippen LogP contribution in [0, 0.1) is 0 Å². The minimum Gasteiger partial charge on any atom is -0.489 e. The first-order valence-corrected chi connectivity index (χ1v) is 13.0. The van der Waals surface area contributed by atoms with E-state index in [1.807, 2.05) is 56.3 Å². The molecule has 1 aromatic heterocycles. The molecular weight excluding hydrogens is 545 g/mol. The van der Waals surface area contributed by atoms with Crippen LogP contribution in [0.4, 0.5) is 0 Å². The van der Waals surface area contributed by atoms with Crippen LogP contribution >= 0.6 is 34.8 Å². The van der Waals surface area contributed by atoms with Crippen LogP contribution in [0.1, 0.15) is 41.4 Å². The lowest BCUT2D eigenvalue weighted by Crippen LogP contribution is -2.01. The van der Waals surface area contributed by atoms with Gasteiger partial charge >= 0.3 is 5.97 Å². The smallest absolute Gasteiger partial charge is 0.337 e. The molecule has 0 bridgehead atoms. The molecular formula is C30H22Cl3NO4. The summed E-state index contributed by atoms with van der Waals surface area (Å²) < 4.78 is 11.9. The highest BCUT2D eigenvalue weighted by Gasteiger charge is 2.24. The number of aromatic carboxylic acids is 1. The highest BCUT2D eigenvalue weighted by atomic mass is 35.5. The molecule has 0 fully saturated rings. The molecule has 0 unspecified atom stereocenters. The number of benzene rings is 4. The third-order valence-electron chi connectivity index (χ3n) is 6.27. The van der Waals surface area contributed by atoms with Crippen LogP contribution < -0.4 is 4.74 Å². The summed E-state index contributed by atoms with van der Waals surface area (Å²) >= 11 is 18.9. The maximum Gasteiger partial charge on any atom is 0.337 e. The Morgan fingerprint density at radius 2 is 1.55 bits per heavy atom. The van der Waals surface area contributed by atoms with Crippen LogP contribution in [0.3, 0.4) is 0 Å². The molecule has 0 spiro atoms. The van der Waals surface area contributed by atoms with Crippen LogP contribution in [0.5, 0.6) is 5.75 Å². The van der Waals surface area contributed by atoms with Crippen LogP contribution in [0.2, 0.25) is 15.1 Å². The van der Waals surface area contributed by atoms with Crippen LogP contribution in [-0.2, 0) is 6.61 Å². The average Bonchev–Trinajstić information content (AvgIpc) is 3.31. The summed E-state index contributed by atoms with van der Waals surface area (Å²) in [7, 11) is 0. The van der Waals surface area contributed by atoms with Gasteiger partial charge in [-0.2, -0.15) is 0 Å². The molecule has 192 valence electrons. The second kappa shape index (κ2) is 10.7. The lowest BCUT2D eigenvalue weighted by molar-refractivity contribution is 0.0697. The Labute approximate surface area is 234 Å². The van der Waals surface area contributed by atoms with Gasteiger partial charge in [0.05, 0.1) is 26.2 Å². The largest absolute Gasteiger partial charge is 0.489 e. The average molecular weight is 567 g/mol. The predicted octanol–water partition coefficient (Wildman–Crippen LogP) is 9.52. The monoisotopic (exact) mass is 565 g/mol. The number of ether oxygens (including phenoxy) is 1. The number of nitrogens with zero attached hydrogens (tertiary/aromatic N) is 1. The number of fused-ring (bicyclic) bond motifs is 1. The molecule has 0 atom stereocenters. The van der Waals surface area contributed by atoms with E-state index >= 15 is 0 Å². The SMILES string of the molecule is CC(C)c1onc(-c2c(Cl)cccc2Cl)c1COc1ccc2cc(-c3ccc(Cl)c(C(=O)O)c3)ccc2c1. The van der Waals surface area contributed by atoms with Gasteiger partial charge in [0.15, 0.2) is 0 Å². The molecule has 4 aromatic carbocycles. The number of carboxylic acids is 1. The molecule has 1 heterocycles. The summed E-state index contributed by atoms with van der Waals surface area (Å²) in [6.07, 6.45) is 0. The van der Waals surface area contributed by atoms with Crippen molar-refractivity contribution in [3.05, 3.63) is 105 Å². The van der Waals surface area contributed by atoms with Gasteiger partial charge in [0.25, 0.3) is 0 Å². The molecule has 0 aliphatic carbocycles. The topological polar surface area (TPSA) is 72.6 Å².